The predicted molar refractivity (Wildman–Crippen MR) is 122 cm³/mol. The Morgan fingerprint density at radius 1 is 1.13 bits per heavy atom. The predicted octanol–water partition coefficient (Wildman–Crippen LogP) is 4.60. The molecule has 0 saturated carbocycles. The number of nitrogens with one attached hydrogen (secondary N) is 1. The van der Waals surface area contributed by atoms with E-state index < -0.39 is 0 Å². The summed E-state index contributed by atoms with van der Waals surface area (Å²) in [5.41, 5.74) is 3.67. The maximum Gasteiger partial charge on any atom is 0.258 e. The standard InChI is InChI=1S/C23H24N6OS/c1-15-14-18(20-21(25-15)29-12-5-3-4-6-19(29)27-20)22(30)26-16-7-9-17(10-8-16)31-23-24-11-13-28(23)2/h7-11,13-14H,3-6,12H2,1-2H3,(H,26,30). The lowest BCUT2D eigenvalue weighted by Crippen LogP contribution is -2.13. The minimum atomic E-state index is -0.159. The maximum absolute atomic E-state index is 13.1. The van der Waals surface area contributed by atoms with Gasteiger partial charge in [0.2, 0.25) is 0 Å². The Morgan fingerprint density at radius 2 is 1.97 bits per heavy atom. The minimum Gasteiger partial charge on any atom is -0.329 e. The van der Waals surface area contributed by atoms with Crippen LogP contribution in [0.15, 0.2) is 52.8 Å². The van der Waals surface area contributed by atoms with Crippen LogP contribution in [0.1, 0.15) is 41.1 Å². The van der Waals surface area contributed by atoms with Crippen molar-refractivity contribution >= 4 is 34.5 Å². The van der Waals surface area contributed by atoms with Crippen LogP contribution in [0.3, 0.4) is 0 Å². The Hall–Kier alpha value is -3.13. The molecule has 31 heavy (non-hydrogen) atoms. The van der Waals surface area contributed by atoms with Crippen molar-refractivity contribution in [1.82, 2.24) is 24.1 Å². The number of benzene rings is 1. The molecule has 4 aromatic rings. The second kappa shape index (κ2) is 8.19. The fourth-order valence-electron chi connectivity index (χ4n) is 3.95. The summed E-state index contributed by atoms with van der Waals surface area (Å²) in [7, 11) is 1.97. The summed E-state index contributed by atoms with van der Waals surface area (Å²) in [6.07, 6.45) is 8.10. The van der Waals surface area contributed by atoms with Gasteiger partial charge in [0, 0.05) is 48.7 Å². The second-order valence-electron chi connectivity index (χ2n) is 7.88. The van der Waals surface area contributed by atoms with Gasteiger partial charge >= 0.3 is 0 Å². The lowest BCUT2D eigenvalue weighted by Gasteiger charge is -2.09. The van der Waals surface area contributed by atoms with Crippen molar-refractivity contribution in [2.24, 2.45) is 7.05 Å². The summed E-state index contributed by atoms with van der Waals surface area (Å²) in [4.78, 5) is 28.0. The Kier molecular flexibility index (Phi) is 5.23. The van der Waals surface area contributed by atoms with Crippen molar-refractivity contribution in [3.63, 3.8) is 0 Å². The number of carbonyl (C=O) groups excluding carboxylic acids is 1. The SMILES string of the molecule is Cc1cc(C(=O)Nc2ccc(Sc3nccn3C)cc2)c2nc3n(c2n1)CCCCC3. The minimum absolute atomic E-state index is 0.159. The van der Waals surface area contributed by atoms with Gasteiger partial charge in [0.15, 0.2) is 10.8 Å². The van der Waals surface area contributed by atoms with Crippen LogP contribution in [0, 0.1) is 6.92 Å². The third-order valence-electron chi connectivity index (χ3n) is 5.54. The largest absolute Gasteiger partial charge is 0.329 e. The first kappa shape index (κ1) is 19.8. The molecule has 0 fully saturated rings. The number of fused-ring (bicyclic) bond motifs is 3. The fourth-order valence-corrected chi connectivity index (χ4v) is 4.75. The number of nitrogens with zero attached hydrogens (tertiary/aromatic N) is 5. The highest BCUT2D eigenvalue weighted by Gasteiger charge is 2.21. The van der Waals surface area contributed by atoms with E-state index in [0.717, 1.165) is 58.7 Å². The summed E-state index contributed by atoms with van der Waals surface area (Å²) < 4.78 is 4.17. The van der Waals surface area contributed by atoms with Crippen LogP contribution in [0.2, 0.25) is 0 Å². The van der Waals surface area contributed by atoms with Gasteiger partial charge in [-0.05, 0) is 50.1 Å². The van der Waals surface area contributed by atoms with Crippen LogP contribution >= 0.6 is 11.8 Å². The molecule has 0 radical (unpaired) electrons. The van der Waals surface area contributed by atoms with E-state index in [1.54, 1.807) is 18.0 Å². The van der Waals surface area contributed by atoms with Crippen molar-refractivity contribution in [3.05, 3.63) is 59.8 Å². The van der Waals surface area contributed by atoms with Crippen LogP contribution < -0.4 is 5.32 Å². The molecule has 0 unspecified atom stereocenters. The molecule has 1 aliphatic rings. The van der Waals surface area contributed by atoms with E-state index >= 15 is 0 Å². The number of rotatable bonds is 4. The van der Waals surface area contributed by atoms with Gasteiger partial charge in [-0.25, -0.2) is 15.0 Å². The van der Waals surface area contributed by atoms with Crippen molar-refractivity contribution in [1.29, 1.82) is 0 Å². The summed E-state index contributed by atoms with van der Waals surface area (Å²) in [6.45, 7) is 2.84. The monoisotopic (exact) mass is 432 g/mol. The van der Waals surface area contributed by atoms with Gasteiger partial charge in [-0.2, -0.15) is 0 Å². The fraction of sp³-hybridized carbons (Fsp3) is 0.304. The zero-order chi connectivity index (χ0) is 21.4. The molecule has 1 aliphatic heterocycles. The molecule has 4 heterocycles. The number of hydrogen-bond donors (Lipinski definition) is 1. The van der Waals surface area contributed by atoms with E-state index in [0.29, 0.717) is 11.1 Å². The van der Waals surface area contributed by atoms with Crippen LogP contribution in [0.25, 0.3) is 11.2 Å². The van der Waals surface area contributed by atoms with E-state index in [-0.39, 0.29) is 5.91 Å². The lowest BCUT2D eigenvalue weighted by atomic mass is 10.1. The normalized spacial score (nSPS) is 13.7. The average molecular weight is 433 g/mol. The highest BCUT2D eigenvalue weighted by Crippen LogP contribution is 2.28. The Bertz CT molecular complexity index is 1260. The van der Waals surface area contributed by atoms with E-state index in [1.165, 1.54) is 6.42 Å². The Labute approximate surface area is 184 Å². The summed E-state index contributed by atoms with van der Waals surface area (Å²) >= 11 is 1.58. The van der Waals surface area contributed by atoms with Gasteiger partial charge in [-0.3, -0.25) is 4.79 Å². The Balaban J connectivity index is 1.39. The number of anilines is 1. The lowest BCUT2D eigenvalue weighted by molar-refractivity contribution is 0.102. The third kappa shape index (κ3) is 3.95. The van der Waals surface area contributed by atoms with Gasteiger partial charge in [-0.1, -0.05) is 18.2 Å². The van der Waals surface area contributed by atoms with Crippen molar-refractivity contribution in [2.75, 3.05) is 5.32 Å². The van der Waals surface area contributed by atoms with E-state index in [1.807, 2.05) is 55.1 Å². The topological polar surface area (TPSA) is 77.6 Å². The van der Waals surface area contributed by atoms with Gasteiger partial charge in [0.05, 0.1) is 5.56 Å². The highest BCUT2D eigenvalue weighted by molar-refractivity contribution is 7.99. The molecule has 0 aliphatic carbocycles. The van der Waals surface area contributed by atoms with E-state index in [9.17, 15) is 4.79 Å². The molecule has 3 aromatic heterocycles. The van der Waals surface area contributed by atoms with Crippen molar-refractivity contribution in [2.45, 2.75) is 49.2 Å². The molecule has 0 saturated heterocycles. The number of hydrogen-bond acceptors (Lipinski definition) is 5. The zero-order valence-corrected chi connectivity index (χ0v) is 18.4. The van der Waals surface area contributed by atoms with Crippen LogP contribution in [0.4, 0.5) is 5.69 Å². The summed E-state index contributed by atoms with van der Waals surface area (Å²) in [5, 5.41) is 3.94. The molecule has 0 spiro atoms. The molecular weight excluding hydrogens is 408 g/mol. The number of aryl methyl sites for hydroxylation is 4. The number of pyridine rings is 1. The molecule has 5 rings (SSSR count). The molecule has 0 bridgehead atoms. The number of amides is 1. The van der Waals surface area contributed by atoms with Crippen LogP contribution in [-0.4, -0.2) is 30.0 Å². The smallest absolute Gasteiger partial charge is 0.258 e. The van der Waals surface area contributed by atoms with Gasteiger partial charge in [-0.15, -0.1) is 0 Å². The van der Waals surface area contributed by atoms with E-state index in [2.05, 4.69) is 14.9 Å². The summed E-state index contributed by atoms with van der Waals surface area (Å²) in [5.74, 6) is 0.878. The van der Waals surface area contributed by atoms with Crippen molar-refractivity contribution < 1.29 is 4.79 Å². The molecule has 7 nitrogen and oxygen atoms in total. The molecule has 1 N–H and O–H groups in total. The number of carbonyl (C=O) groups is 1. The van der Waals surface area contributed by atoms with Gasteiger partial charge in [0.25, 0.3) is 5.91 Å². The molecule has 0 atom stereocenters. The van der Waals surface area contributed by atoms with Crippen LogP contribution in [-0.2, 0) is 20.0 Å². The van der Waals surface area contributed by atoms with Gasteiger partial charge in [0.1, 0.15) is 11.3 Å². The first-order valence-electron chi connectivity index (χ1n) is 10.5. The molecule has 8 heteroatoms. The molecular formula is C23H24N6OS. The zero-order valence-electron chi connectivity index (χ0n) is 17.6. The second-order valence-corrected chi connectivity index (χ2v) is 8.92. The third-order valence-corrected chi connectivity index (χ3v) is 6.62. The van der Waals surface area contributed by atoms with Gasteiger partial charge < -0.3 is 14.5 Å². The first-order chi connectivity index (χ1) is 15.1. The first-order valence-corrected chi connectivity index (χ1v) is 11.3. The molecule has 158 valence electrons. The maximum atomic E-state index is 13.1. The Morgan fingerprint density at radius 3 is 2.74 bits per heavy atom. The number of imidazole rings is 2. The molecule has 1 amide bonds. The average Bonchev–Trinajstić information content (AvgIpc) is 3.22. The summed E-state index contributed by atoms with van der Waals surface area (Å²) in [6, 6.07) is 9.63. The van der Waals surface area contributed by atoms with Crippen molar-refractivity contribution in [3.8, 4) is 0 Å². The number of aromatic nitrogens is 5. The quantitative estimate of drug-likeness (QED) is 0.510. The van der Waals surface area contributed by atoms with E-state index in [4.69, 9.17) is 9.97 Å². The van der Waals surface area contributed by atoms with Crippen LogP contribution in [0.5, 0.6) is 0 Å². The molecule has 1 aromatic carbocycles. The highest BCUT2D eigenvalue weighted by atomic mass is 32.2.